The van der Waals surface area contributed by atoms with E-state index in [0.717, 1.165) is 9.20 Å². The van der Waals surface area contributed by atoms with Gasteiger partial charge in [-0.25, -0.2) is 13.2 Å². The van der Waals surface area contributed by atoms with Crippen LogP contribution in [0, 0.1) is 0 Å². The molecule has 0 atom stereocenters. The fraction of sp³-hybridized carbons (Fsp3) is 0.167. The molecule has 0 fully saturated rings. The van der Waals surface area contributed by atoms with Crippen molar-refractivity contribution < 1.29 is 17.9 Å². The Morgan fingerprint density at radius 3 is 2.40 bits per heavy atom. The van der Waals surface area contributed by atoms with E-state index >= 15 is 0 Å². The van der Waals surface area contributed by atoms with Crippen LogP contribution in [0.5, 0.6) is 0 Å². The Hall–Kier alpha value is -2.25. The van der Waals surface area contributed by atoms with E-state index in [1.54, 1.807) is 42.5 Å². The number of para-hydroxylation sites is 1. The molecule has 0 radical (unpaired) electrons. The molecule has 0 aromatic heterocycles. The minimum Gasteiger partial charge on any atom is -0.465 e. The zero-order valence-corrected chi connectivity index (χ0v) is 15.6. The van der Waals surface area contributed by atoms with Crippen molar-refractivity contribution in [3.05, 3.63) is 66.7 Å². The van der Waals surface area contributed by atoms with Crippen molar-refractivity contribution in [3.63, 3.8) is 0 Å². The molecule has 0 unspecified atom stereocenters. The number of esters is 1. The van der Waals surface area contributed by atoms with E-state index in [-0.39, 0.29) is 22.7 Å². The van der Waals surface area contributed by atoms with Crippen LogP contribution in [0.1, 0.15) is 10.4 Å². The predicted molar refractivity (Wildman–Crippen MR) is 101 cm³/mol. The Morgan fingerprint density at radius 2 is 1.84 bits per heavy atom. The Balaban J connectivity index is 2.57. The minimum atomic E-state index is -3.86. The number of methoxy groups -OCH3 is 1. The summed E-state index contributed by atoms with van der Waals surface area (Å²) in [6.07, 6.45) is 3.39. The van der Waals surface area contributed by atoms with Gasteiger partial charge in [-0.3, -0.25) is 4.31 Å². The van der Waals surface area contributed by atoms with Crippen LogP contribution >= 0.6 is 11.8 Å². The molecule has 2 aromatic carbocycles. The van der Waals surface area contributed by atoms with Crippen LogP contribution < -0.4 is 4.31 Å². The molecule has 5 nitrogen and oxygen atoms in total. The van der Waals surface area contributed by atoms with Gasteiger partial charge in [0, 0.05) is 4.90 Å². The first-order chi connectivity index (χ1) is 12.0. The van der Waals surface area contributed by atoms with Gasteiger partial charge in [0.05, 0.1) is 29.8 Å². The number of rotatable bonds is 7. The number of hydrogen-bond acceptors (Lipinski definition) is 5. The molecule has 2 rings (SSSR count). The minimum absolute atomic E-state index is 0.0284. The van der Waals surface area contributed by atoms with Crippen LogP contribution in [-0.4, -0.2) is 34.3 Å². The zero-order chi connectivity index (χ0) is 18.4. The van der Waals surface area contributed by atoms with Crippen molar-refractivity contribution in [3.8, 4) is 0 Å². The molecule has 0 heterocycles. The fourth-order valence-electron chi connectivity index (χ4n) is 2.29. The average molecular weight is 377 g/mol. The third-order valence-electron chi connectivity index (χ3n) is 3.52. The first-order valence-corrected chi connectivity index (χ1v) is 10.1. The van der Waals surface area contributed by atoms with E-state index < -0.39 is 16.0 Å². The van der Waals surface area contributed by atoms with Crippen LogP contribution in [0.4, 0.5) is 5.69 Å². The number of carbonyl (C=O) groups is 1. The number of sulfonamides is 1. The van der Waals surface area contributed by atoms with E-state index in [0.29, 0.717) is 0 Å². The molecule has 0 aliphatic carbocycles. The van der Waals surface area contributed by atoms with Crippen molar-refractivity contribution in [1.82, 2.24) is 0 Å². The van der Waals surface area contributed by atoms with Gasteiger partial charge in [0.25, 0.3) is 10.0 Å². The maximum atomic E-state index is 13.1. The molecule has 132 valence electrons. The first-order valence-electron chi connectivity index (χ1n) is 7.40. The van der Waals surface area contributed by atoms with Crippen LogP contribution in [0.2, 0.25) is 0 Å². The fourth-order valence-corrected chi connectivity index (χ4v) is 4.15. The van der Waals surface area contributed by atoms with E-state index in [1.807, 2.05) is 6.26 Å². The SMILES string of the molecule is C=CCN(c1ccccc1C(=O)OC)S(=O)(=O)c1ccc(SC)cc1. The summed E-state index contributed by atoms with van der Waals surface area (Å²) in [6.45, 7) is 3.66. The highest BCUT2D eigenvalue weighted by atomic mass is 32.2. The maximum Gasteiger partial charge on any atom is 0.340 e. The lowest BCUT2D eigenvalue weighted by atomic mass is 10.2. The van der Waals surface area contributed by atoms with Crippen molar-refractivity contribution in [1.29, 1.82) is 0 Å². The summed E-state index contributed by atoms with van der Waals surface area (Å²) < 4.78 is 32.1. The first kappa shape index (κ1) is 19.1. The van der Waals surface area contributed by atoms with E-state index in [4.69, 9.17) is 4.74 Å². The molecule has 25 heavy (non-hydrogen) atoms. The topological polar surface area (TPSA) is 63.7 Å². The van der Waals surface area contributed by atoms with Gasteiger partial charge in [0.1, 0.15) is 0 Å². The second kappa shape index (κ2) is 8.22. The van der Waals surface area contributed by atoms with Crippen LogP contribution in [-0.2, 0) is 14.8 Å². The molecule has 0 spiro atoms. The molecule has 0 aliphatic rings. The highest BCUT2D eigenvalue weighted by molar-refractivity contribution is 7.98. The Labute approximate surface area is 152 Å². The zero-order valence-electron chi connectivity index (χ0n) is 14.0. The monoisotopic (exact) mass is 377 g/mol. The Kier molecular flexibility index (Phi) is 6.27. The van der Waals surface area contributed by atoms with E-state index in [1.165, 1.54) is 31.0 Å². The highest BCUT2D eigenvalue weighted by Gasteiger charge is 2.27. The molecule has 0 saturated carbocycles. The van der Waals surface area contributed by atoms with Crippen molar-refractivity contribution in [2.24, 2.45) is 0 Å². The average Bonchev–Trinajstić information content (AvgIpc) is 2.65. The quantitative estimate of drug-likeness (QED) is 0.419. The van der Waals surface area contributed by atoms with Gasteiger partial charge >= 0.3 is 5.97 Å². The van der Waals surface area contributed by atoms with Gasteiger partial charge < -0.3 is 4.74 Å². The number of anilines is 1. The van der Waals surface area contributed by atoms with Gasteiger partial charge in [-0.05, 0) is 42.7 Å². The molecule has 0 saturated heterocycles. The molecule has 7 heteroatoms. The summed E-state index contributed by atoms with van der Waals surface area (Å²) in [5.41, 5.74) is 0.430. The number of benzene rings is 2. The summed E-state index contributed by atoms with van der Waals surface area (Å²) in [6, 6.07) is 13.0. The summed E-state index contributed by atoms with van der Waals surface area (Å²) in [5, 5.41) is 0. The normalized spacial score (nSPS) is 11.0. The summed E-state index contributed by atoms with van der Waals surface area (Å²) in [7, 11) is -2.60. The smallest absolute Gasteiger partial charge is 0.340 e. The third-order valence-corrected chi connectivity index (χ3v) is 6.06. The second-order valence-electron chi connectivity index (χ2n) is 5.01. The van der Waals surface area contributed by atoms with Gasteiger partial charge in [0.15, 0.2) is 0 Å². The predicted octanol–water partition coefficient (Wildman–Crippen LogP) is 3.58. The van der Waals surface area contributed by atoms with Gasteiger partial charge in [-0.2, -0.15) is 0 Å². The molecule has 0 aliphatic heterocycles. The highest BCUT2D eigenvalue weighted by Crippen LogP contribution is 2.28. The maximum absolute atomic E-state index is 13.1. The molecule has 0 N–H and O–H groups in total. The van der Waals surface area contributed by atoms with Crippen molar-refractivity contribution in [2.45, 2.75) is 9.79 Å². The molecule has 0 amide bonds. The second-order valence-corrected chi connectivity index (χ2v) is 7.75. The van der Waals surface area contributed by atoms with Crippen LogP contribution in [0.15, 0.2) is 71.0 Å². The number of nitrogens with zero attached hydrogens (tertiary/aromatic N) is 1. The van der Waals surface area contributed by atoms with Crippen LogP contribution in [0.3, 0.4) is 0 Å². The number of carbonyl (C=O) groups excluding carboxylic acids is 1. The van der Waals surface area contributed by atoms with Gasteiger partial charge in [-0.15, -0.1) is 18.3 Å². The van der Waals surface area contributed by atoms with Crippen molar-refractivity contribution >= 4 is 33.4 Å². The molecular weight excluding hydrogens is 358 g/mol. The number of thioether (sulfide) groups is 1. The van der Waals surface area contributed by atoms with E-state index in [9.17, 15) is 13.2 Å². The summed E-state index contributed by atoms with van der Waals surface area (Å²) >= 11 is 1.53. The van der Waals surface area contributed by atoms with Gasteiger partial charge in [0.2, 0.25) is 0 Å². The van der Waals surface area contributed by atoms with Crippen LogP contribution in [0.25, 0.3) is 0 Å². The largest absolute Gasteiger partial charge is 0.465 e. The number of ether oxygens (including phenoxy) is 1. The van der Waals surface area contributed by atoms with E-state index in [2.05, 4.69) is 6.58 Å². The molecular formula is C18H19NO4S2. The summed E-state index contributed by atoms with van der Waals surface area (Å²) in [4.78, 5) is 13.1. The number of hydrogen-bond donors (Lipinski definition) is 0. The molecule has 0 bridgehead atoms. The van der Waals surface area contributed by atoms with Crippen molar-refractivity contribution in [2.75, 3.05) is 24.2 Å². The Morgan fingerprint density at radius 1 is 1.20 bits per heavy atom. The molecule has 2 aromatic rings. The standard InChI is InChI=1S/C18H19NO4S2/c1-4-13-19(17-8-6-5-7-16(17)18(20)23-2)25(21,22)15-11-9-14(24-3)10-12-15/h4-12H,1,13H2,2-3H3. The lowest BCUT2D eigenvalue weighted by Crippen LogP contribution is -2.32. The lowest BCUT2D eigenvalue weighted by Gasteiger charge is -2.25. The lowest BCUT2D eigenvalue weighted by molar-refractivity contribution is 0.0601. The van der Waals surface area contributed by atoms with Gasteiger partial charge in [-0.1, -0.05) is 18.2 Å². The Bertz CT molecular complexity index is 861. The summed E-state index contributed by atoms with van der Waals surface area (Å²) in [5.74, 6) is -0.599. The third kappa shape index (κ3) is 4.05.